The third-order valence-corrected chi connectivity index (χ3v) is 3.89. The fourth-order valence-electron chi connectivity index (χ4n) is 2.47. The molecule has 0 spiro atoms. The number of nitro groups is 1. The minimum absolute atomic E-state index is 0.135. The number of methoxy groups -OCH3 is 1. The summed E-state index contributed by atoms with van der Waals surface area (Å²) < 4.78 is 5.86. The molecule has 2 aromatic carbocycles. The predicted molar refractivity (Wildman–Crippen MR) is 100 cm³/mol. The normalized spacial score (nSPS) is 10.3. The van der Waals surface area contributed by atoms with E-state index in [1.807, 2.05) is 0 Å². The monoisotopic (exact) mass is 382 g/mol. The minimum Gasteiger partial charge on any atom is -0.497 e. The predicted octanol–water partition coefficient (Wildman–Crippen LogP) is 1.69. The Morgan fingerprint density at radius 3 is 2.32 bits per heavy atom. The largest absolute Gasteiger partial charge is 0.497 e. The summed E-state index contributed by atoms with van der Waals surface area (Å²) in [5.41, 5.74) is -1.43. The molecule has 0 aliphatic carbocycles. The number of H-pyrrole nitrogens is 1. The molecule has 28 heavy (non-hydrogen) atoms. The molecule has 2 N–H and O–H groups in total. The highest BCUT2D eigenvalue weighted by Crippen LogP contribution is 2.16. The van der Waals surface area contributed by atoms with E-state index < -0.39 is 22.1 Å². The van der Waals surface area contributed by atoms with Crippen molar-refractivity contribution >= 4 is 17.3 Å². The van der Waals surface area contributed by atoms with E-state index in [2.05, 4.69) is 10.3 Å². The summed E-state index contributed by atoms with van der Waals surface area (Å²) in [5.74, 6) is -0.224. The summed E-state index contributed by atoms with van der Waals surface area (Å²) in [4.78, 5) is 49.7. The van der Waals surface area contributed by atoms with Gasteiger partial charge in [-0.3, -0.25) is 19.7 Å². The molecule has 1 amide bonds. The van der Waals surface area contributed by atoms with E-state index >= 15 is 0 Å². The number of hydrogen-bond acceptors (Lipinski definition) is 6. The zero-order valence-corrected chi connectivity index (χ0v) is 14.5. The Morgan fingerprint density at radius 1 is 1.11 bits per heavy atom. The van der Waals surface area contributed by atoms with Crippen molar-refractivity contribution in [3.63, 3.8) is 0 Å². The number of aromatic amines is 1. The molecule has 0 radical (unpaired) electrons. The number of aromatic nitrogens is 2. The third-order valence-electron chi connectivity index (χ3n) is 3.89. The maximum absolute atomic E-state index is 12.7. The molecule has 10 heteroatoms. The first-order valence-electron chi connectivity index (χ1n) is 7.95. The van der Waals surface area contributed by atoms with Crippen molar-refractivity contribution in [3.8, 4) is 11.4 Å². The molecule has 10 nitrogen and oxygen atoms in total. The molecule has 0 aliphatic rings. The first kappa shape index (κ1) is 18.6. The van der Waals surface area contributed by atoms with Crippen molar-refractivity contribution in [2.45, 2.75) is 0 Å². The van der Waals surface area contributed by atoms with Crippen LogP contribution < -0.4 is 21.3 Å². The molecule has 0 unspecified atom stereocenters. The number of hydrogen-bond donors (Lipinski definition) is 2. The van der Waals surface area contributed by atoms with Gasteiger partial charge in [-0.2, -0.15) is 0 Å². The maximum Gasteiger partial charge on any atom is 0.333 e. The molecule has 3 aromatic rings. The number of nitrogens with one attached hydrogen (secondary N) is 2. The Balaban J connectivity index is 1.93. The van der Waals surface area contributed by atoms with Gasteiger partial charge in [0.05, 0.1) is 17.7 Å². The van der Waals surface area contributed by atoms with Gasteiger partial charge >= 0.3 is 5.69 Å². The smallest absolute Gasteiger partial charge is 0.333 e. The Bertz CT molecular complexity index is 1150. The molecule has 0 fully saturated rings. The van der Waals surface area contributed by atoms with E-state index in [4.69, 9.17) is 4.74 Å². The molecule has 0 aliphatic heterocycles. The summed E-state index contributed by atoms with van der Waals surface area (Å²) in [7, 11) is 1.48. The number of non-ortho nitro benzene ring substituents is 1. The number of anilines is 1. The van der Waals surface area contributed by atoms with Gasteiger partial charge in [0.1, 0.15) is 11.3 Å². The van der Waals surface area contributed by atoms with Crippen molar-refractivity contribution in [2.24, 2.45) is 0 Å². The molecule has 3 rings (SSSR count). The van der Waals surface area contributed by atoms with Gasteiger partial charge in [-0.25, -0.2) is 9.36 Å². The molecule has 1 heterocycles. The zero-order valence-electron chi connectivity index (χ0n) is 14.5. The number of carbonyl (C=O) groups is 1. The lowest BCUT2D eigenvalue weighted by molar-refractivity contribution is -0.384. The van der Waals surface area contributed by atoms with E-state index in [9.17, 15) is 24.5 Å². The fraction of sp³-hybridized carbons (Fsp3) is 0.0556. The van der Waals surface area contributed by atoms with Crippen molar-refractivity contribution in [2.75, 3.05) is 12.4 Å². The number of nitro benzene ring substituents is 1. The molecule has 0 saturated carbocycles. The lowest BCUT2D eigenvalue weighted by atomic mass is 10.2. The van der Waals surface area contributed by atoms with Crippen LogP contribution in [0.5, 0.6) is 5.75 Å². The van der Waals surface area contributed by atoms with Crippen LogP contribution in [0.3, 0.4) is 0 Å². The van der Waals surface area contributed by atoms with Gasteiger partial charge in [0.2, 0.25) is 0 Å². The minimum atomic E-state index is -0.812. The second-order valence-corrected chi connectivity index (χ2v) is 5.60. The molecule has 142 valence electrons. The number of benzene rings is 2. The van der Waals surface area contributed by atoms with Crippen LogP contribution in [0.15, 0.2) is 64.3 Å². The number of nitrogens with zero attached hydrogens (tertiary/aromatic N) is 2. The highest BCUT2D eigenvalue weighted by atomic mass is 16.6. The summed E-state index contributed by atoms with van der Waals surface area (Å²) in [5, 5.41) is 13.1. The highest BCUT2D eigenvalue weighted by Gasteiger charge is 2.16. The maximum atomic E-state index is 12.7. The quantitative estimate of drug-likeness (QED) is 0.509. The van der Waals surface area contributed by atoms with Crippen LogP contribution in [0.1, 0.15) is 10.4 Å². The summed E-state index contributed by atoms with van der Waals surface area (Å²) >= 11 is 0. The lowest BCUT2D eigenvalue weighted by Crippen LogP contribution is -2.38. The SMILES string of the molecule is COc1ccc(-n2c(=O)[nH]cc(C(=O)Nc3ccc([N+](=O)[O-])cc3)c2=O)cc1. The van der Waals surface area contributed by atoms with E-state index in [1.165, 1.54) is 43.5 Å². The molecule has 0 saturated heterocycles. The molecular weight excluding hydrogens is 368 g/mol. The fourth-order valence-corrected chi connectivity index (χ4v) is 2.47. The number of ether oxygens (including phenoxy) is 1. The first-order chi connectivity index (χ1) is 13.4. The zero-order chi connectivity index (χ0) is 20.3. The average Bonchev–Trinajstić information content (AvgIpc) is 2.69. The van der Waals surface area contributed by atoms with Gasteiger partial charge in [0, 0.05) is 24.0 Å². The standard InChI is InChI=1S/C18H14N4O6/c1-28-14-8-6-12(7-9-14)21-17(24)15(10-19-18(21)25)16(23)20-11-2-4-13(5-3-11)22(26)27/h2-10H,1H3,(H,19,25)(H,20,23). The van der Waals surface area contributed by atoms with Gasteiger partial charge in [0.15, 0.2) is 0 Å². The highest BCUT2D eigenvalue weighted by molar-refractivity contribution is 6.03. The number of rotatable bonds is 5. The van der Waals surface area contributed by atoms with E-state index in [1.54, 1.807) is 12.1 Å². The number of amides is 1. The first-order valence-corrected chi connectivity index (χ1v) is 7.95. The van der Waals surface area contributed by atoms with Crippen molar-refractivity contribution in [1.82, 2.24) is 9.55 Å². The van der Waals surface area contributed by atoms with Crippen LogP contribution in [0.4, 0.5) is 11.4 Å². The Labute approximate surface area is 157 Å². The Kier molecular flexibility index (Phi) is 5.03. The van der Waals surface area contributed by atoms with Crippen LogP contribution in [-0.2, 0) is 0 Å². The van der Waals surface area contributed by atoms with Gasteiger partial charge in [-0.1, -0.05) is 0 Å². The van der Waals surface area contributed by atoms with Gasteiger partial charge < -0.3 is 15.0 Å². The van der Waals surface area contributed by atoms with Gasteiger partial charge in [-0.05, 0) is 36.4 Å². The molecule has 0 atom stereocenters. The van der Waals surface area contributed by atoms with Gasteiger partial charge in [0.25, 0.3) is 17.2 Å². The number of carbonyl (C=O) groups excluding carboxylic acids is 1. The topological polar surface area (TPSA) is 136 Å². The van der Waals surface area contributed by atoms with Crippen molar-refractivity contribution in [1.29, 1.82) is 0 Å². The van der Waals surface area contributed by atoms with Gasteiger partial charge in [-0.15, -0.1) is 0 Å². The summed E-state index contributed by atoms with van der Waals surface area (Å²) in [6.45, 7) is 0. The van der Waals surface area contributed by atoms with Crippen molar-refractivity contribution in [3.05, 3.63) is 91.2 Å². The van der Waals surface area contributed by atoms with Crippen LogP contribution >= 0.6 is 0 Å². The van der Waals surface area contributed by atoms with Crippen LogP contribution in [0.2, 0.25) is 0 Å². The van der Waals surface area contributed by atoms with E-state index in [-0.39, 0.29) is 22.6 Å². The van der Waals surface area contributed by atoms with Crippen molar-refractivity contribution < 1.29 is 14.5 Å². The van der Waals surface area contributed by atoms with Crippen LogP contribution in [-0.4, -0.2) is 27.5 Å². The summed E-state index contributed by atoms with van der Waals surface area (Å²) in [6.07, 6.45) is 1.02. The second kappa shape index (κ2) is 7.58. The molecule has 0 bridgehead atoms. The molecule has 1 aromatic heterocycles. The van der Waals surface area contributed by atoms with E-state index in [0.717, 1.165) is 10.8 Å². The molecular formula is C18H14N4O6. The summed E-state index contributed by atoms with van der Waals surface area (Å²) in [6, 6.07) is 11.3. The Hall–Kier alpha value is -4.21. The second-order valence-electron chi connectivity index (χ2n) is 5.60. The third kappa shape index (κ3) is 3.65. The average molecular weight is 382 g/mol. The van der Waals surface area contributed by atoms with Crippen LogP contribution in [0.25, 0.3) is 5.69 Å². The van der Waals surface area contributed by atoms with E-state index in [0.29, 0.717) is 5.75 Å². The van der Waals surface area contributed by atoms with Crippen LogP contribution in [0, 0.1) is 10.1 Å². The lowest BCUT2D eigenvalue weighted by Gasteiger charge is -2.08. The Morgan fingerprint density at radius 2 is 1.75 bits per heavy atom.